The Morgan fingerprint density at radius 2 is 1.77 bits per heavy atom. The molecule has 1 N–H and O–H groups in total. The van der Waals surface area contributed by atoms with Gasteiger partial charge in [0, 0.05) is 17.7 Å². The van der Waals surface area contributed by atoms with E-state index in [9.17, 15) is 29.2 Å². The Balaban J connectivity index is 1.72. The number of ketones is 1. The first-order chi connectivity index (χ1) is 16.7. The SMILES string of the molecule is Cc1ccc(/C(O)=C2\C(=O)C(=O)N(c3nc4ccc(F)cc4s3)[C@@H]2c2ccc([N+](=O)[O-])cc2)cc1. The van der Waals surface area contributed by atoms with Crippen LogP contribution in [-0.2, 0) is 9.59 Å². The number of nitro groups is 1. The second-order valence-corrected chi connectivity index (χ2v) is 9.00. The lowest BCUT2D eigenvalue weighted by atomic mass is 9.95. The van der Waals surface area contributed by atoms with Crippen LogP contribution in [0.4, 0.5) is 15.2 Å². The molecule has 4 aromatic rings. The number of nitrogens with zero attached hydrogens (tertiary/aromatic N) is 3. The molecule has 5 rings (SSSR count). The Labute approximate surface area is 201 Å². The molecule has 8 nitrogen and oxygen atoms in total. The lowest BCUT2D eigenvalue weighted by Crippen LogP contribution is -2.29. The van der Waals surface area contributed by atoms with E-state index in [1.807, 2.05) is 6.92 Å². The molecule has 0 unspecified atom stereocenters. The number of halogens is 1. The van der Waals surface area contributed by atoms with E-state index >= 15 is 0 Å². The smallest absolute Gasteiger partial charge is 0.301 e. The maximum atomic E-state index is 13.7. The first kappa shape index (κ1) is 22.4. The summed E-state index contributed by atoms with van der Waals surface area (Å²) < 4.78 is 14.2. The van der Waals surface area contributed by atoms with Crippen molar-refractivity contribution in [3.63, 3.8) is 0 Å². The molecule has 0 radical (unpaired) electrons. The van der Waals surface area contributed by atoms with E-state index in [-0.39, 0.29) is 22.2 Å². The normalized spacial score (nSPS) is 17.3. The zero-order valence-corrected chi connectivity index (χ0v) is 19.0. The molecule has 0 spiro atoms. The molecule has 0 saturated carbocycles. The number of fused-ring (bicyclic) bond motifs is 1. The fraction of sp³-hybridized carbons (Fsp3) is 0.0800. The number of amides is 1. The molecule has 3 aromatic carbocycles. The fourth-order valence-corrected chi connectivity index (χ4v) is 5.00. The van der Waals surface area contributed by atoms with Crippen molar-refractivity contribution in [2.45, 2.75) is 13.0 Å². The number of aliphatic hydroxyl groups excluding tert-OH is 1. The lowest BCUT2D eigenvalue weighted by molar-refractivity contribution is -0.384. The third-order valence-electron chi connectivity index (χ3n) is 5.73. The number of Topliss-reactive ketones (excluding diaryl/α,β-unsaturated/α-hetero) is 1. The number of aromatic nitrogens is 1. The summed E-state index contributed by atoms with van der Waals surface area (Å²) in [5.74, 6) is -2.68. The zero-order chi connectivity index (χ0) is 24.9. The van der Waals surface area contributed by atoms with Gasteiger partial charge in [-0.15, -0.1) is 0 Å². The molecule has 10 heteroatoms. The van der Waals surface area contributed by atoms with Gasteiger partial charge in [-0.1, -0.05) is 41.2 Å². The predicted octanol–water partition coefficient (Wildman–Crippen LogP) is 5.28. The fourth-order valence-electron chi connectivity index (χ4n) is 3.98. The molecule has 1 saturated heterocycles. The van der Waals surface area contributed by atoms with Crippen LogP contribution >= 0.6 is 11.3 Å². The number of aryl methyl sites for hydroxylation is 1. The van der Waals surface area contributed by atoms with Crippen LogP contribution in [0.15, 0.2) is 72.3 Å². The summed E-state index contributed by atoms with van der Waals surface area (Å²) in [4.78, 5) is 42.6. The van der Waals surface area contributed by atoms with Crippen LogP contribution in [0.25, 0.3) is 16.0 Å². The minimum Gasteiger partial charge on any atom is -0.507 e. The average molecular weight is 489 g/mol. The zero-order valence-electron chi connectivity index (χ0n) is 18.1. The molecule has 35 heavy (non-hydrogen) atoms. The number of thiazole rings is 1. The first-order valence-electron chi connectivity index (χ1n) is 10.4. The van der Waals surface area contributed by atoms with Crippen LogP contribution in [0.2, 0.25) is 0 Å². The van der Waals surface area contributed by atoms with Gasteiger partial charge in [0.1, 0.15) is 11.6 Å². The summed E-state index contributed by atoms with van der Waals surface area (Å²) >= 11 is 1.02. The van der Waals surface area contributed by atoms with Crippen LogP contribution in [0, 0.1) is 22.9 Å². The third kappa shape index (κ3) is 3.83. The molecule has 1 aliphatic heterocycles. The Hall–Kier alpha value is -4.44. The number of aliphatic hydroxyl groups is 1. The minimum absolute atomic E-state index is 0.138. The summed E-state index contributed by atoms with van der Waals surface area (Å²) in [7, 11) is 0. The van der Waals surface area contributed by atoms with Gasteiger partial charge in [0.25, 0.3) is 11.5 Å². The monoisotopic (exact) mass is 489 g/mol. The molecular formula is C25H16FN3O5S. The Morgan fingerprint density at radius 3 is 2.43 bits per heavy atom. The summed E-state index contributed by atoms with van der Waals surface area (Å²) in [5, 5.41) is 22.4. The maximum Gasteiger partial charge on any atom is 0.301 e. The van der Waals surface area contributed by atoms with Crippen molar-refractivity contribution in [1.82, 2.24) is 4.98 Å². The van der Waals surface area contributed by atoms with Crippen molar-refractivity contribution in [1.29, 1.82) is 0 Å². The van der Waals surface area contributed by atoms with Gasteiger partial charge in [-0.05, 0) is 42.8 Å². The van der Waals surface area contributed by atoms with Crippen LogP contribution < -0.4 is 4.90 Å². The van der Waals surface area contributed by atoms with E-state index in [0.29, 0.717) is 21.3 Å². The molecule has 2 heterocycles. The number of anilines is 1. The van der Waals surface area contributed by atoms with Crippen molar-refractivity contribution < 1.29 is 24.0 Å². The number of carbonyl (C=O) groups is 2. The number of hydrogen-bond donors (Lipinski definition) is 1. The molecule has 1 aliphatic rings. The quantitative estimate of drug-likeness (QED) is 0.137. The molecule has 1 aromatic heterocycles. The molecule has 0 bridgehead atoms. The Kier molecular flexibility index (Phi) is 5.37. The molecule has 1 fully saturated rings. The van der Waals surface area contributed by atoms with Gasteiger partial charge in [-0.3, -0.25) is 24.6 Å². The molecule has 1 amide bonds. The van der Waals surface area contributed by atoms with Gasteiger partial charge in [-0.25, -0.2) is 9.37 Å². The van der Waals surface area contributed by atoms with Gasteiger partial charge in [0.2, 0.25) is 0 Å². The number of rotatable bonds is 4. The van der Waals surface area contributed by atoms with E-state index in [4.69, 9.17) is 0 Å². The first-order valence-corrected chi connectivity index (χ1v) is 11.2. The van der Waals surface area contributed by atoms with E-state index < -0.39 is 28.5 Å². The number of benzene rings is 3. The third-order valence-corrected chi connectivity index (χ3v) is 6.75. The van der Waals surface area contributed by atoms with E-state index in [1.165, 1.54) is 42.5 Å². The lowest BCUT2D eigenvalue weighted by Gasteiger charge is -2.22. The second kappa shape index (κ2) is 8.41. The number of carbonyl (C=O) groups excluding carboxylic acids is 2. The summed E-state index contributed by atoms with van der Waals surface area (Å²) in [6.07, 6.45) is 0. The van der Waals surface area contributed by atoms with Crippen molar-refractivity contribution in [2.75, 3.05) is 4.90 Å². The van der Waals surface area contributed by atoms with Crippen molar-refractivity contribution >= 4 is 49.8 Å². The van der Waals surface area contributed by atoms with E-state index in [2.05, 4.69) is 4.98 Å². The highest BCUT2D eigenvalue weighted by molar-refractivity contribution is 7.22. The summed E-state index contributed by atoms with van der Waals surface area (Å²) in [6, 6.07) is 15.0. The van der Waals surface area contributed by atoms with Crippen LogP contribution in [-0.4, -0.2) is 26.7 Å². The van der Waals surface area contributed by atoms with Gasteiger partial charge < -0.3 is 5.11 Å². The number of hydrogen-bond acceptors (Lipinski definition) is 7. The van der Waals surface area contributed by atoms with Crippen molar-refractivity contribution in [3.8, 4) is 0 Å². The number of nitro benzene ring substituents is 1. The van der Waals surface area contributed by atoms with Gasteiger partial charge in [-0.2, -0.15) is 0 Å². The van der Waals surface area contributed by atoms with Crippen molar-refractivity contribution in [2.24, 2.45) is 0 Å². The summed E-state index contributed by atoms with van der Waals surface area (Å²) in [6.45, 7) is 1.87. The van der Waals surface area contributed by atoms with Crippen molar-refractivity contribution in [3.05, 3.63) is 105 Å². The standard InChI is InChI=1S/C25H16FN3O5S/c1-13-2-4-15(5-3-13)22(30)20-21(14-6-9-17(10-7-14)29(33)34)28(24(32)23(20)31)25-27-18-11-8-16(26)12-19(18)35-25/h2-12,21,30H,1H3/b22-20+/t21-/m1/s1. The number of non-ortho nitro benzene ring substituents is 1. The average Bonchev–Trinajstić information content (AvgIpc) is 3.37. The second-order valence-electron chi connectivity index (χ2n) is 7.99. The van der Waals surface area contributed by atoms with Gasteiger partial charge in [0.05, 0.1) is 26.8 Å². The molecule has 1 atom stereocenters. The largest absolute Gasteiger partial charge is 0.507 e. The van der Waals surface area contributed by atoms with Crippen LogP contribution in [0.3, 0.4) is 0 Å². The predicted molar refractivity (Wildman–Crippen MR) is 129 cm³/mol. The highest BCUT2D eigenvalue weighted by Gasteiger charge is 2.48. The minimum atomic E-state index is -1.09. The van der Waals surface area contributed by atoms with Crippen LogP contribution in [0.5, 0.6) is 0 Å². The molecule has 174 valence electrons. The summed E-state index contributed by atoms with van der Waals surface area (Å²) in [5.41, 5.74) is 1.75. The van der Waals surface area contributed by atoms with E-state index in [1.54, 1.807) is 24.3 Å². The van der Waals surface area contributed by atoms with Crippen LogP contribution in [0.1, 0.15) is 22.7 Å². The topological polar surface area (TPSA) is 114 Å². The highest BCUT2D eigenvalue weighted by Crippen LogP contribution is 2.44. The van der Waals surface area contributed by atoms with Gasteiger partial charge in [0.15, 0.2) is 5.13 Å². The van der Waals surface area contributed by atoms with Gasteiger partial charge >= 0.3 is 5.91 Å². The maximum absolute atomic E-state index is 13.7. The highest BCUT2D eigenvalue weighted by atomic mass is 32.1. The Bertz CT molecular complexity index is 1540. The molecule has 0 aliphatic carbocycles. The van der Waals surface area contributed by atoms with E-state index in [0.717, 1.165) is 21.8 Å². The Morgan fingerprint density at radius 1 is 1.09 bits per heavy atom. The molecular weight excluding hydrogens is 473 g/mol.